The Bertz CT molecular complexity index is 122. The lowest BCUT2D eigenvalue weighted by atomic mass is 10.4. The Morgan fingerprint density at radius 1 is 1.08 bits per heavy atom. The van der Waals surface area contributed by atoms with Crippen molar-refractivity contribution in [2.24, 2.45) is 0 Å². The van der Waals surface area contributed by atoms with E-state index in [1.165, 1.54) is 0 Å². The van der Waals surface area contributed by atoms with E-state index in [2.05, 4.69) is 0 Å². The molecule has 1 fully saturated rings. The van der Waals surface area contributed by atoms with Crippen molar-refractivity contribution in [2.75, 3.05) is 33.0 Å². The van der Waals surface area contributed by atoms with Gasteiger partial charge in [-0.3, -0.25) is 0 Å². The first-order valence-electron chi connectivity index (χ1n) is 4.26. The molecule has 0 amide bonds. The molecule has 0 bridgehead atoms. The molecule has 0 atom stereocenters. The fraction of sp³-hybridized carbons (Fsp3) is 1.00. The van der Waals surface area contributed by atoms with Crippen LogP contribution in [0.25, 0.3) is 0 Å². The van der Waals surface area contributed by atoms with Gasteiger partial charge in [-0.25, -0.2) is 0 Å². The molecular weight excluding hydrogens is 160 g/mol. The summed E-state index contributed by atoms with van der Waals surface area (Å²) in [6.45, 7) is 1.78. The first-order valence-corrected chi connectivity index (χ1v) is 4.26. The van der Waals surface area contributed by atoms with Crippen LogP contribution in [0.5, 0.6) is 0 Å². The van der Waals surface area contributed by atoms with Crippen LogP contribution in [0.3, 0.4) is 0 Å². The highest BCUT2D eigenvalue weighted by atomic mass is 16.5. The van der Waals surface area contributed by atoms with Gasteiger partial charge in [-0.1, -0.05) is 0 Å². The summed E-state index contributed by atoms with van der Waals surface area (Å²) in [7, 11) is 0. The van der Waals surface area contributed by atoms with Gasteiger partial charge in [-0.2, -0.15) is 0 Å². The second kappa shape index (κ2) is 4.77. The predicted molar refractivity (Wildman–Crippen MR) is 42.9 cm³/mol. The van der Waals surface area contributed by atoms with Crippen molar-refractivity contribution >= 4 is 0 Å². The smallest absolute Gasteiger partial charge is 0.0882 e. The summed E-state index contributed by atoms with van der Waals surface area (Å²) in [5.41, 5.74) is -0.531. The third-order valence-corrected chi connectivity index (χ3v) is 1.81. The maximum absolute atomic E-state index is 9.33. The monoisotopic (exact) mass is 176 g/mol. The maximum Gasteiger partial charge on any atom is 0.0882 e. The molecule has 2 N–H and O–H groups in total. The van der Waals surface area contributed by atoms with Gasteiger partial charge in [0.25, 0.3) is 0 Å². The summed E-state index contributed by atoms with van der Waals surface area (Å²) >= 11 is 0. The molecule has 0 spiro atoms. The van der Waals surface area contributed by atoms with Gasteiger partial charge in [0, 0.05) is 0 Å². The molecule has 0 unspecified atom stereocenters. The lowest BCUT2D eigenvalue weighted by molar-refractivity contribution is -0.0114. The number of ether oxygens (including phenoxy) is 2. The third kappa shape index (κ3) is 4.01. The van der Waals surface area contributed by atoms with E-state index in [1.54, 1.807) is 0 Å². The topological polar surface area (TPSA) is 58.9 Å². The summed E-state index contributed by atoms with van der Waals surface area (Å²) in [4.78, 5) is 0. The van der Waals surface area contributed by atoms with Gasteiger partial charge in [-0.15, -0.1) is 0 Å². The minimum Gasteiger partial charge on any atom is -0.394 e. The van der Waals surface area contributed by atoms with Crippen LogP contribution < -0.4 is 0 Å². The number of aliphatic hydroxyl groups excluding tert-OH is 1. The first-order chi connectivity index (χ1) is 5.77. The number of aliphatic hydroxyl groups is 2. The number of hydrogen-bond acceptors (Lipinski definition) is 4. The highest BCUT2D eigenvalue weighted by Crippen LogP contribution is 2.34. The average Bonchev–Trinajstić information content (AvgIpc) is 2.77. The van der Waals surface area contributed by atoms with E-state index >= 15 is 0 Å². The first kappa shape index (κ1) is 9.92. The molecule has 72 valence electrons. The van der Waals surface area contributed by atoms with Crippen molar-refractivity contribution in [3.63, 3.8) is 0 Å². The number of rotatable bonds is 7. The van der Waals surface area contributed by atoms with Gasteiger partial charge < -0.3 is 19.7 Å². The van der Waals surface area contributed by atoms with Crippen LogP contribution in [0.1, 0.15) is 12.8 Å². The molecule has 0 aromatic heterocycles. The summed E-state index contributed by atoms with van der Waals surface area (Å²) < 4.78 is 10.1. The minimum atomic E-state index is -0.531. The zero-order valence-electron chi connectivity index (χ0n) is 7.16. The second-order valence-corrected chi connectivity index (χ2v) is 3.11. The molecule has 1 aliphatic carbocycles. The van der Waals surface area contributed by atoms with E-state index in [0.29, 0.717) is 26.4 Å². The Balaban J connectivity index is 1.77. The van der Waals surface area contributed by atoms with Gasteiger partial charge in [0.1, 0.15) is 0 Å². The molecule has 1 rings (SSSR count). The van der Waals surface area contributed by atoms with Gasteiger partial charge in [0.05, 0.1) is 38.6 Å². The van der Waals surface area contributed by atoms with Crippen LogP contribution in [-0.4, -0.2) is 48.8 Å². The van der Waals surface area contributed by atoms with E-state index in [4.69, 9.17) is 14.6 Å². The lowest BCUT2D eigenvalue weighted by Gasteiger charge is -2.08. The van der Waals surface area contributed by atoms with Crippen LogP contribution in [-0.2, 0) is 9.47 Å². The van der Waals surface area contributed by atoms with Gasteiger partial charge >= 0.3 is 0 Å². The molecule has 4 heteroatoms. The minimum absolute atomic E-state index is 0.0456. The van der Waals surface area contributed by atoms with E-state index in [0.717, 1.165) is 12.8 Å². The van der Waals surface area contributed by atoms with Gasteiger partial charge in [0.15, 0.2) is 0 Å². The molecule has 0 radical (unpaired) electrons. The van der Waals surface area contributed by atoms with Gasteiger partial charge in [0.2, 0.25) is 0 Å². The summed E-state index contributed by atoms with van der Waals surface area (Å²) in [5.74, 6) is 0. The summed E-state index contributed by atoms with van der Waals surface area (Å²) in [5, 5.41) is 17.7. The van der Waals surface area contributed by atoms with E-state index in [9.17, 15) is 5.11 Å². The normalized spacial score (nSPS) is 19.5. The number of hydrogen-bond donors (Lipinski definition) is 2. The van der Waals surface area contributed by atoms with Crippen LogP contribution >= 0.6 is 0 Å². The second-order valence-electron chi connectivity index (χ2n) is 3.11. The fourth-order valence-corrected chi connectivity index (χ4v) is 0.835. The molecule has 0 aromatic rings. The fourth-order valence-electron chi connectivity index (χ4n) is 0.835. The van der Waals surface area contributed by atoms with Crippen molar-refractivity contribution in [1.29, 1.82) is 0 Å². The average molecular weight is 176 g/mol. The van der Waals surface area contributed by atoms with Crippen LogP contribution in [0.4, 0.5) is 0 Å². The highest BCUT2D eigenvalue weighted by molar-refractivity contribution is 4.92. The maximum atomic E-state index is 9.33. The Morgan fingerprint density at radius 3 is 2.33 bits per heavy atom. The summed E-state index contributed by atoms with van der Waals surface area (Å²) in [6, 6.07) is 0. The van der Waals surface area contributed by atoms with Crippen molar-refractivity contribution in [1.82, 2.24) is 0 Å². The summed E-state index contributed by atoms with van der Waals surface area (Å²) in [6.07, 6.45) is 1.70. The SMILES string of the molecule is OCCOCCOCC1(O)CC1. The van der Waals surface area contributed by atoms with E-state index in [-0.39, 0.29) is 6.61 Å². The zero-order valence-corrected chi connectivity index (χ0v) is 7.16. The molecule has 4 nitrogen and oxygen atoms in total. The lowest BCUT2D eigenvalue weighted by Crippen LogP contribution is -2.18. The highest BCUT2D eigenvalue weighted by Gasteiger charge is 2.40. The molecule has 0 saturated heterocycles. The molecule has 0 aliphatic heterocycles. The molecule has 1 saturated carbocycles. The Kier molecular flexibility index (Phi) is 3.94. The van der Waals surface area contributed by atoms with Crippen molar-refractivity contribution in [3.05, 3.63) is 0 Å². The molecule has 0 heterocycles. The van der Waals surface area contributed by atoms with E-state index < -0.39 is 5.60 Å². The largest absolute Gasteiger partial charge is 0.394 e. The Labute approximate surface area is 72.1 Å². The molecular formula is C8H16O4. The molecule has 12 heavy (non-hydrogen) atoms. The Hall–Kier alpha value is -0.160. The zero-order chi connectivity index (χ0) is 8.86. The van der Waals surface area contributed by atoms with Crippen LogP contribution in [0.15, 0.2) is 0 Å². The van der Waals surface area contributed by atoms with E-state index in [1.807, 2.05) is 0 Å². The van der Waals surface area contributed by atoms with Crippen LogP contribution in [0, 0.1) is 0 Å². The standard InChI is InChI=1S/C8H16O4/c9-3-4-11-5-6-12-7-8(10)1-2-8/h9-10H,1-7H2. The van der Waals surface area contributed by atoms with Gasteiger partial charge in [-0.05, 0) is 12.8 Å². The van der Waals surface area contributed by atoms with Crippen molar-refractivity contribution < 1.29 is 19.7 Å². The molecule has 0 aromatic carbocycles. The van der Waals surface area contributed by atoms with Crippen LogP contribution in [0.2, 0.25) is 0 Å². The Morgan fingerprint density at radius 2 is 1.75 bits per heavy atom. The van der Waals surface area contributed by atoms with Crippen molar-refractivity contribution in [2.45, 2.75) is 18.4 Å². The predicted octanol–water partition coefficient (Wildman–Crippen LogP) is -0.463. The molecule has 1 aliphatic rings. The quantitative estimate of drug-likeness (QED) is 0.515. The van der Waals surface area contributed by atoms with Crippen molar-refractivity contribution in [3.8, 4) is 0 Å². The third-order valence-electron chi connectivity index (χ3n) is 1.81.